The largest absolute Gasteiger partial charge is 0.481 e. The molecule has 1 aliphatic heterocycles. The third-order valence-electron chi connectivity index (χ3n) is 7.95. The normalized spacial score (nSPS) is 17.8. The summed E-state index contributed by atoms with van der Waals surface area (Å²) >= 11 is 1.67. The van der Waals surface area contributed by atoms with Crippen molar-refractivity contribution in [3.63, 3.8) is 0 Å². The fraction of sp³-hybridized carbons (Fsp3) is 0.324. The zero-order valence-electron chi connectivity index (χ0n) is 25.7. The Morgan fingerprint density at radius 3 is 2.33 bits per heavy atom. The minimum absolute atomic E-state index is 0.00108. The summed E-state index contributed by atoms with van der Waals surface area (Å²) in [7, 11) is 0. The predicted octanol–water partition coefficient (Wildman–Crippen LogP) is 7.23. The lowest BCUT2D eigenvalue weighted by Crippen LogP contribution is -2.31. The number of carbonyl (C=O) groups is 2. The van der Waals surface area contributed by atoms with Crippen molar-refractivity contribution in [2.24, 2.45) is 0 Å². The smallest absolute Gasteiger partial charge is 0.303 e. The lowest BCUT2D eigenvalue weighted by molar-refractivity contribution is -0.245. The number of carbonyl (C=O) groups excluding carboxylic acids is 1. The maximum atomic E-state index is 12.4. The average molecular weight is 641 g/mol. The molecular weight excluding hydrogens is 600 g/mol. The molecule has 3 N–H and O–H groups in total. The van der Waals surface area contributed by atoms with E-state index in [9.17, 15) is 14.7 Å². The van der Waals surface area contributed by atoms with Crippen molar-refractivity contribution in [3.05, 3.63) is 119 Å². The van der Waals surface area contributed by atoms with Gasteiger partial charge in [0.15, 0.2) is 6.29 Å². The minimum Gasteiger partial charge on any atom is -0.481 e. The van der Waals surface area contributed by atoms with Crippen LogP contribution in [0.1, 0.15) is 73.2 Å². The molecule has 46 heavy (non-hydrogen) atoms. The Labute approximate surface area is 274 Å². The van der Waals surface area contributed by atoms with Crippen LogP contribution in [0.25, 0.3) is 11.1 Å². The lowest BCUT2D eigenvalue weighted by atomic mass is 9.97. The highest BCUT2D eigenvalue weighted by Gasteiger charge is 2.32. The number of carboxylic acids is 1. The highest BCUT2D eigenvalue weighted by Crippen LogP contribution is 2.40. The third-order valence-corrected chi connectivity index (χ3v) is 9.03. The van der Waals surface area contributed by atoms with E-state index < -0.39 is 12.3 Å². The van der Waals surface area contributed by atoms with E-state index in [0.29, 0.717) is 32.2 Å². The number of aliphatic carboxylic acids is 1. The number of hydrogen-bond donors (Lipinski definition) is 3. The van der Waals surface area contributed by atoms with Crippen LogP contribution >= 0.6 is 11.8 Å². The van der Waals surface area contributed by atoms with Gasteiger partial charge in [0, 0.05) is 43.3 Å². The van der Waals surface area contributed by atoms with Gasteiger partial charge in [-0.05, 0) is 52.8 Å². The zero-order valence-corrected chi connectivity index (χ0v) is 26.5. The summed E-state index contributed by atoms with van der Waals surface area (Å²) in [5, 5.41) is 22.2. The Bertz CT molecular complexity index is 1550. The molecule has 3 aromatic carbocycles. The van der Waals surface area contributed by atoms with Crippen LogP contribution in [0.15, 0.2) is 102 Å². The number of hydrogen-bond acceptors (Lipinski definition) is 7. The molecule has 1 aliphatic rings. The summed E-state index contributed by atoms with van der Waals surface area (Å²) in [6.45, 7) is 0.409. The standard InChI is InChI=1S/C37H40N2O6S/c40-24-26-13-15-28(16-14-26)33-22-31(25-46-35-11-6-7-21-38-35)44-37(45-33)29-19-17-27(18-20-29)32-9-5-4-8-30(32)23-39-34(41)10-2-1-3-12-36(42)43/h4-9,11,13-21,31,33,37,40H,1-3,10,12,22-25H2,(H,39,41)(H,42,43)/t31-,33+,37+/m0/s1. The maximum Gasteiger partial charge on any atom is 0.303 e. The number of aliphatic hydroxyl groups excluding tert-OH is 1. The van der Waals surface area contributed by atoms with E-state index in [-0.39, 0.29) is 31.1 Å². The number of rotatable bonds is 15. The van der Waals surface area contributed by atoms with Crippen molar-refractivity contribution in [1.29, 1.82) is 0 Å². The Kier molecular flexibility index (Phi) is 12.4. The van der Waals surface area contributed by atoms with Gasteiger partial charge in [-0.3, -0.25) is 9.59 Å². The van der Waals surface area contributed by atoms with Crippen molar-refractivity contribution in [1.82, 2.24) is 10.3 Å². The molecule has 8 nitrogen and oxygen atoms in total. The number of pyridine rings is 1. The summed E-state index contributed by atoms with van der Waals surface area (Å²) in [4.78, 5) is 27.5. The molecule has 5 rings (SSSR count). The molecule has 0 radical (unpaired) electrons. The number of nitrogens with zero attached hydrogens (tertiary/aromatic N) is 1. The van der Waals surface area contributed by atoms with Gasteiger partial charge in [0.2, 0.25) is 5.91 Å². The Morgan fingerprint density at radius 2 is 1.59 bits per heavy atom. The molecule has 0 saturated carbocycles. The van der Waals surface area contributed by atoms with Gasteiger partial charge in [0.25, 0.3) is 0 Å². The van der Waals surface area contributed by atoms with Gasteiger partial charge in [0.05, 0.1) is 23.8 Å². The highest BCUT2D eigenvalue weighted by molar-refractivity contribution is 7.99. The molecule has 240 valence electrons. The van der Waals surface area contributed by atoms with Crippen LogP contribution in [0, 0.1) is 0 Å². The molecule has 1 aromatic heterocycles. The first-order valence-corrected chi connectivity index (χ1v) is 16.7. The van der Waals surface area contributed by atoms with E-state index in [1.54, 1.807) is 18.0 Å². The number of benzene rings is 3. The highest BCUT2D eigenvalue weighted by atomic mass is 32.2. The molecule has 9 heteroatoms. The molecule has 0 aliphatic carbocycles. The Morgan fingerprint density at radius 1 is 0.848 bits per heavy atom. The first-order chi connectivity index (χ1) is 22.5. The van der Waals surface area contributed by atoms with E-state index in [2.05, 4.69) is 22.4 Å². The Hall–Kier alpha value is -4.02. The first kappa shape index (κ1) is 33.3. The van der Waals surface area contributed by atoms with Gasteiger partial charge < -0.3 is 25.0 Å². The number of aromatic nitrogens is 1. The van der Waals surface area contributed by atoms with E-state index in [1.807, 2.05) is 78.9 Å². The number of amides is 1. The topological polar surface area (TPSA) is 118 Å². The number of nitrogens with one attached hydrogen (secondary N) is 1. The predicted molar refractivity (Wildman–Crippen MR) is 178 cm³/mol. The first-order valence-electron chi connectivity index (χ1n) is 15.7. The average Bonchev–Trinajstić information content (AvgIpc) is 3.10. The fourth-order valence-corrected chi connectivity index (χ4v) is 6.31. The molecule has 1 amide bonds. The lowest BCUT2D eigenvalue weighted by Gasteiger charge is -2.36. The number of aliphatic hydroxyl groups is 1. The fourth-order valence-electron chi connectivity index (χ4n) is 5.43. The van der Waals surface area contributed by atoms with Crippen LogP contribution in [0.5, 0.6) is 0 Å². The molecule has 1 fully saturated rings. The van der Waals surface area contributed by atoms with Crippen LogP contribution in [-0.4, -0.2) is 38.9 Å². The summed E-state index contributed by atoms with van der Waals surface area (Å²) in [6.07, 6.45) is 4.21. The van der Waals surface area contributed by atoms with Gasteiger partial charge >= 0.3 is 5.97 Å². The number of thioether (sulfide) groups is 1. The summed E-state index contributed by atoms with van der Waals surface area (Å²) in [5.41, 5.74) is 5.90. The molecular formula is C37H40N2O6S. The maximum absolute atomic E-state index is 12.4. The van der Waals surface area contributed by atoms with Crippen molar-refractivity contribution >= 4 is 23.6 Å². The third kappa shape index (κ3) is 9.74. The minimum atomic E-state index is -0.804. The van der Waals surface area contributed by atoms with Crippen molar-refractivity contribution < 1.29 is 29.3 Å². The zero-order chi connectivity index (χ0) is 32.1. The summed E-state index contributed by atoms with van der Waals surface area (Å²) in [5.74, 6) is -0.104. The van der Waals surface area contributed by atoms with Crippen molar-refractivity contribution in [3.8, 4) is 11.1 Å². The van der Waals surface area contributed by atoms with Crippen LogP contribution in [-0.2, 0) is 32.2 Å². The van der Waals surface area contributed by atoms with Crippen LogP contribution < -0.4 is 5.32 Å². The summed E-state index contributed by atoms with van der Waals surface area (Å²) in [6, 6.07) is 30.0. The molecule has 0 unspecified atom stereocenters. The van der Waals surface area contributed by atoms with Gasteiger partial charge in [-0.2, -0.15) is 0 Å². The number of unbranched alkanes of at least 4 members (excludes halogenated alkanes) is 2. The molecule has 0 spiro atoms. The van der Waals surface area contributed by atoms with Gasteiger partial charge in [0.1, 0.15) is 0 Å². The molecule has 1 saturated heterocycles. The molecule has 4 aromatic rings. The van der Waals surface area contributed by atoms with Crippen LogP contribution in [0.4, 0.5) is 0 Å². The van der Waals surface area contributed by atoms with Crippen molar-refractivity contribution in [2.75, 3.05) is 5.75 Å². The monoisotopic (exact) mass is 640 g/mol. The van der Waals surface area contributed by atoms with Gasteiger partial charge in [-0.1, -0.05) is 85.3 Å². The van der Waals surface area contributed by atoms with Crippen LogP contribution in [0.2, 0.25) is 0 Å². The summed E-state index contributed by atoms with van der Waals surface area (Å²) < 4.78 is 13.0. The second-order valence-corrected chi connectivity index (χ2v) is 12.4. The number of carboxylic acid groups (broad SMARTS) is 1. The van der Waals surface area contributed by atoms with Gasteiger partial charge in [-0.25, -0.2) is 4.98 Å². The van der Waals surface area contributed by atoms with E-state index in [4.69, 9.17) is 14.6 Å². The number of ether oxygens (including phenoxy) is 2. The van der Waals surface area contributed by atoms with E-state index >= 15 is 0 Å². The van der Waals surface area contributed by atoms with E-state index in [0.717, 1.165) is 50.6 Å². The Balaban J connectivity index is 1.25. The molecule has 3 atom stereocenters. The molecule has 0 bridgehead atoms. The SMILES string of the molecule is O=C(O)CCCCCC(=O)NCc1ccccc1-c1ccc([C@@H]2O[C@H](CSc3ccccn3)C[C@H](c3ccc(CO)cc3)O2)cc1. The quantitative estimate of drug-likeness (QED) is 0.0920. The second kappa shape index (κ2) is 17.1. The van der Waals surface area contributed by atoms with E-state index in [1.165, 1.54) is 0 Å². The van der Waals surface area contributed by atoms with Crippen LogP contribution in [0.3, 0.4) is 0 Å². The molecule has 2 heterocycles. The van der Waals surface area contributed by atoms with Gasteiger partial charge in [-0.15, -0.1) is 11.8 Å². The second-order valence-electron chi connectivity index (χ2n) is 11.3. The van der Waals surface area contributed by atoms with Crippen molar-refractivity contribution in [2.45, 2.75) is 75.2 Å².